The van der Waals surface area contributed by atoms with E-state index in [1.165, 1.54) is 107 Å². The molecule has 0 bridgehead atoms. The maximum atomic E-state index is 11.7. The number of nitrogens with zero attached hydrogens (tertiary/aromatic N) is 5. The van der Waals surface area contributed by atoms with Crippen LogP contribution in [-0.2, 0) is 119 Å². The quantitative estimate of drug-likeness (QED) is 0.0231. The molecule has 0 amide bonds. The van der Waals surface area contributed by atoms with Crippen LogP contribution in [0.4, 0.5) is 0 Å². The molecule has 5 heterocycles. The van der Waals surface area contributed by atoms with Crippen molar-refractivity contribution in [2.24, 2.45) is 53.3 Å². The van der Waals surface area contributed by atoms with Gasteiger partial charge in [0.15, 0.2) is 17.3 Å². The fourth-order valence-electron chi connectivity index (χ4n) is 16.2. The predicted molar refractivity (Wildman–Crippen MR) is 601 cm³/mol. The van der Waals surface area contributed by atoms with Gasteiger partial charge in [0.25, 0.3) is 0 Å². The van der Waals surface area contributed by atoms with Crippen molar-refractivity contribution in [3.05, 3.63) is 364 Å². The molecule has 0 aliphatic carbocycles. The number of hydrogen-bond donors (Lipinski definition) is 3. The Morgan fingerprint density at radius 2 is 0.740 bits per heavy atom. The van der Waals surface area contributed by atoms with Gasteiger partial charge in [0.2, 0.25) is 0 Å². The molecule has 11 nitrogen and oxygen atoms in total. The fourth-order valence-corrected chi connectivity index (χ4v) is 16.2. The van der Waals surface area contributed by atoms with Crippen molar-refractivity contribution in [2.45, 2.75) is 270 Å². The normalized spacial score (nSPS) is 12.4. The molecule has 146 heavy (non-hydrogen) atoms. The maximum Gasteiger partial charge on any atom is 0.162 e. The Kier molecular flexibility index (Phi) is 56.4. The Bertz CT molecular complexity index is 6300. The molecule has 0 spiro atoms. The molecular weight excluding hydrogens is 2510 g/mol. The number of aliphatic hydroxyl groups excluding tert-OH is 3. The summed E-state index contributed by atoms with van der Waals surface area (Å²) < 4.78 is 21.7. The van der Waals surface area contributed by atoms with E-state index in [1.807, 2.05) is 138 Å². The van der Waals surface area contributed by atoms with E-state index in [-0.39, 0.29) is 162 Å². The van der Waals surface area contributed by atoms with Crippen LogP contribution in [0.1, 0.15) is 262 Å². The van der Waals surface area contributed by atoms with Crippen molar-refractivity contribution in [1.82, 2.24) is 24.9 Å². The maximum absolute atomic E-state index is 11.7. The first kappa shape index (κ1) is 124. The molecule has 14 rings (SSSR count). The second-order valence-electron chi connectivity index (χ2n) is 40.1. The third-order valence-corrected chi connectivity index (χ3v) is 25.3. The largest absolute Gasteiger partial charge is 0.512 e. The molecule has 14 aromatic rings. The Hall–Kier alpha value is -10.3. The van der Waals surface area contributed by atoms with Gasteiger partial charge in [0.05, 0.1) is 17.3 Å². The Morgan fingerprint density at radius 1 is 0.342 bits per heavy atom. The number of fused-ring (bicyclic) bond motifs is 3. The summed E-state index contributed by atoms with van der Waals surface area (Å²) in [5, 5.41) is 36.1. The van der Waals surface area contributed by atoms with Crippen LogP contribution in [0.25, 0.3) is 99.7 Å². The minimum atomic E-state index is -2.09. The number of allylic oxidation sites excluding steroid dienone is 6. The number of rotatable bonds is 29. The van der Waals surface area contributed by atoms with Gasteiger partial charge in [-0.3, -0.25) is 14.4 Å². The smallest absolute Gasteiger partial charge is 0.162 e. The van der Waals surface area contributed by atoms with Crippen LogP contribution in [-0.4, -0.2) is 57.6 Å². The van der Waals surface area contributed by atoms with Crippen LogP contribution in [0.5, 0.6) is 0 Å². The van der Waals surface area contributed by atoms with Crippen molar-refractivity contribution >= 4 is 49.7 Å². The molecule has 0 aliphatic heterocycles. The third-order valence-electron chi connectivity index (χ3n) is 25.3. The van der Waals surface area contributed by atoms with E-state index in [0.29, 0.717) is 17.8 Å². The standard InChI is InChI=1S/3C21H22N.C21H20N.C13H24O2.C12H10N.2C11H20O2.4Ir/c2*1-14(2)9-17-5-6-20-18(13-17)7-8-22-21(20)19-11-15(3)10-16(4)12-19;1-14(2)9-17-5-6-18-7-8-22-21(20(18)13-17)19-11-15(3)10-16(4)12-19;1-21(2,3)19-12-13-20(22-15-19)18-11-7-10-17(14-18)16-8-5-4-6-9-16;1-5-10(6-2)12(14)9-13(15)11(7-3)8-4;1-10-7-8-12(13-9-10)11-5-3-2-4-6-11;2*1-5-8(3)10(12)7-11(13)9(4)6-2;;;;/h3*5-8,10-11,13-14H,9H2,1-4H3;4-10,12-15H,1-3H3;9-11,14H,5-8H2,1-4H3;2-5,7-9H,1H3;2*7-9,12H,5-6H2,1-4H3;;;;/q4*-1;;-1;;;;;;/i;;;;;1D3;;;;;;. The molecule has 0 saturated carbocycles. The predicted octanol–water partition coefficient (Wildman–Crippen LogP) is 35.0. The molecular formula is C131H160Ir4N5O6-5. The van der Waals surface area contributed by atoms with Gasteiger partial charge in [0, 0.05) is 169 Å². The third kappa shape index (κ3) is 42.8. The number of benzene rings is 9. The topological polar surface area (TPSA) is 176 Å². The first-order valence-electron chi connectivity index (χ1n) is 52.8. The average Bonchev–Trinajstić information content (AvgIpc) is 0.794. The first-order valence-corrected chi connectivity index (χ1v) is 51.3. The molecule has 4 unspecified atom stereocenters. The zero-order chi connectivity index (χ0) is 107. The van der Waals surface area contributed by atoms with Gasteiger partial charge in [-0.15, -0.1) is 176 Å². The van der Waals surface area contributed by atoms with Gasteiger partial charge in [0.1, 0.15) is 0 Å². The van der Waals surface area contributed by atoms with E-state index in [4.69, 9.17) is 4.11 Å². The monoisotopic (exact) mass is 2670 g/mol. The number of pyridine rings is 5. The number of aryl methyl sites for hydroxylation is 7. The van der Waals surface area contributed by atoms with Crippen LogP contribution in [0.15, 0.2) is 273 Å². The summed E-state index contributed by atoms with van der Waals surface area (Å²) in [5.41, 5.74) is 25.4. The molecule has 0 fully saturated rings. The summed E-state index contributed by atoms with van der Waals surface area (Å²) in [6.45, 7) is 54.2. The Morgan fingerprint density at radius 3 is 1.12 bits per heavy atom. The van der Waals surface area contributed by atoms with Crippen LogP contribution >= 0.6 is 0 Å². The summed E-state index contributed by atoms with van der Waals surface area (Å²) in [4.78, 5) is 57.1. The van der Waals surface area contributed by atoms with Crippen LogP contribution < -0.4 is 0 Å². The van der Waals surface area contributed by atoms with Gasteiger partial charge in [-0.2, -0.15) is 0 Å². The summed E-state index contributed by atoms with van der Waals surface area (Å²) in [5.74, 6) is 3.26. The van der Waals surface area contributed by atoms with Gasteiger partial charge in [-0.25, -0.2) is 0 Å². The van der Waals surface area contributed by atoms with E-state index in [1.54, 1.807) is 18.2 Å². The molecule has 4 atom stereocenters. The zero-order valence-corrected chi connectivity index (χ0v) is 101. The molecule has 0 aliphatic rings. The summed E-state index contributed by atoms with van der Waals surface area (Å²) in [6.07, 6.45) is 23.4. The van der Waals surface area contributed by atoms with Crippen LogP contribution in [0.3, 0.4) is 0 Å². The molecule has 15 heteroatoms. The van der Waals surface area contributed by atoms with Crippen molar-refractivity contribution in [2.75, 3.05) is 0 Å². The van der Waals surface area contributed by atoms with Crippen LogP contribution in [0, 0.1) is 132 Å². The summed E-state index contributed by atoms with van der Waals surface area (Å²) in [7, 11) is 0. The summed E-state index contributed by atoms with van der Waals surface area (Å²) in [6, 6.07) is 87.7. The van der Waals surface area contributed by atoms with Crippen molar-refractivity contribution in [1.29, 1.82) is 0 Å². The molecule has 9 aromatic carbocycles. The molecule has 4 radical (unpaired) electrons. The van der Waals surface area contributed by atoms with Crippen LogP contribution in [0.2, 0.25) is 0 Å². The number of aliphatic hydroxyl groups is 3. The average molecular weight is 2670 g/mol. The Labute approximate surface area is 935 Å². The minimum Gasteiger partial charge on any atom is -0.512 e. The number of hydrogen-bond acceptors (Lipinski definition) is 11. The number of aromatic nitrogens is 5. The fraction of sp³-hybridized carbons (Fsp3) is 0.374. The first-order chi connectivity index (χ1) is 68.8. The van der Waals surface area contributed by atoms with Crippen molar-refractivity contribution < 1.29 is 114 Å². The second kappa shape index (κ2) is 66.2. The minimum absolute atomic E-state index is 0. The molecule has 5 aromatic heterocycles. The number of carbonyl (C=O) groups is 3. The second-order valence-corrected chi connectivity index (χ2v) is 40.1. The van der Waals surface area contributed by atoms with Crippen molar-refractivity contribution in [3.8, 4) is 67.4 Å². The Balaban J connectivity index is 0.000000440. The summed E-state index contributed by atoms with van der Waals surface area (Å²) >= 11 is 0. The van der Waals surface area contributed by atoms with Gasteiger partial charge in [-0.05, 0) is 213 Å². The molecule has 0 saturated heterocycles. The molecule has 3 N–H and O–H groups in total. The SMILES string of the molecule is CC(C)(C)c1ccc(-c2[c-]ccc(-c3ccccc3)c2)nc1.CCC(C)C(=O)C=C(O)C(C)CC.CCC(C)C(=O)C=C(O)C(C)CC.CCC(CC)C(=O)C=C(O)C(CC)CC.Cc1[c-]c(-c2nccc3cc(CC(C)C)ccc23)cc(C)c1.Cc1[c-]c(-c2nccc3cc(CC(C)C)ccc23)cc(C)c1.Cc1[c-]c(-c2nccc3ccc(CC(C)C)cc23)cc(C)c1.[2H]C([2H])([2H])c1ccc(-c2[c-]cccc2)nc1.[Ir].[Ir].[Ir].[Ir]. The van der Waals surface area contributed by atoms with Gasteiger partial charge >= 0.3 is 0 Å². The van der Waals surface area contributed by atoms with E-state index < -0.39 is 6.85 Å². The van der Waals surface area contributed by atoms with E-state index in [9.17, 15) is 29.7 Å². The van der Waals surface area contributed by atoms with Crippen molar-refractivity contribution in [3.63, 3.8) is 0 Å². The number of ketones is 3. The van der Waals surface area contributed by atoms with Gasteiger partial charge < -0.3 is 40.2 Å². The van der Waals surface area contributed by atoms with Gasteiger partial charge in [-0.1, -0.05) is 296 Å². The van der Waals surface area contributed by atoms with E-state index in [0.717, 1.165) is 144 Å². The molecule has 786 valence electrons. The number of carbonyl (C=O) groups excluding carboxylic acids is 3. The van der Waals surface area contributed by atoms with E-state index in [2.05, 4.69) is 317 Å². The van der Waals surface area contributed by atoms with E-state index >= 15 is 0 Å². The zero-order valence-electron chi connectivity index (χ0n) is 94.4.